The van der Waals surface area contributed by atoms with Crippen LogP contribution >= 0.6 is 11.3 Å². The van der Waals surface area contributed by atoms with E-state index in [-0.39, 0.29) is 18.0 Å². The predicted molar refractivity (Wildman–Crippen MR) is 126 cm³/mol. The zero-order chi connectivity index (χ0) is 21.4. The number of hydrogen-bond donors (Lipinski definition) is 1. The van der Waals surface area contributed by atoms with Gasteiger partial charge in [-0.05, 0) is 36.7 Å². The number of aromatic nitrogens is 3. The van der Waals surface area contributed by atoms with Gasteiger partial charge in [-0.25, -0.2) is 15.0 Å². The Kier molecular flexibility index (Phi) is 5.25. The molecule has 8 heteroatoms. The maximum absolute atomic E-state index is 12.8. The average molecular weight is 433 g/mol. The molecule has 1 saturated heterocycles. The van der Waals surface area contributed by atoms with Gasteiger partial charge in [-0.3, -0.25) is 9.69 Å². The van der Waals surface area contributed by atoms with Crippen molar-refractivity contribution in [3.8, 4) is 0 Å². The van der Waals surface area contributed by atoms with Crippen molar-refractivity contribution in [3.63, 3.8) is 0 Å². The Morgan fingerprint density at radius 3 is 2.71 bits per heavy atom. The van der Waals surface area contributed by atoms with Gasteiger partial charge in [0.25, 0.3) is 0 Å². The third-order valence-corrected chi connectivity index (χ3v) is 6.60. The van der Waals surface area contributed by atoms with E-state index in [1.807, 2.05) is 30.3 Å². The van der Waals surface area contributed by atoms with E-state index in [0.717, 1.165) is 39.9 Å². The summed E-state index contributed by atoms with van der Waals surface area (Å²) in [6.07, 6.45) is 3.37. The second-order valence-electron chi connectivity index (χ2n) is 8.06. The van der Waals surface area contributed by atoms with Gasteiger partial charge in [-0.2, -0.15) is 0 Å². The highest BCUT2D eigenvalue weighted by Crippen LogP contribution is 2.31. The van der Waals surface area contributed by atoms with E-state index in [1.54, 1.807) is 23.9 Å². The molecule has 4 aromatic rings. The number of thiophene rings is 1. The van der Waals surface area contributed by atoms with Gasteiger partial charge in [0.15, 0.2) is 0 Å². The van der Waals surface area contributed by atoms with Gasteiger partial charge in [-0.15, -0.1) is 11.3 Å². The van der Waals surface area contributed by atoms with Crippen molar-refractivity contribution >= 4 is 49.9 Å². The topological polar surface area (TPSA) is 74.2 Å². The molecule has 31 heavy (non-hydrogen) atoms. The van der Waals surface area contributed by atoms with Crippen LogP contribution in [0.25, 0.3) is 21.0 Å². The van der Waals surface area contributed by atoms with Gasteiger partial charge >= 0.3 is 0 Å². The predicted octanol–water partition coefficient (Wildman–Crippen LogP) is 3.78. The first-order valence-corrected chi connectivity index (χ1v) is 11.3. The summed E-state index contributed by atoms with van der Waals surface area (Å²) in [5.41, 5.74) is 0. The number of anilines is 2. The van der Waals surface area contributed by atoms with Gasteiger partial charge in [0.2, 0.25) is 5.91 Å². The summed E-state index contributed by atoms with van der Waals surface area (Å²) in [4.78, 5) is 31.7. The van der Waals surface area contributed by atoms with Crippen molar-refractivity contribution in [3.05, 3.63) is 54.3 Å². The van der Waals surface area contributed by atoms with Crippen LogP contribution in [0.2, 0.25) is 0 Å². The molecule has 1 N–H and O–H groups in total. The number of fused-ring (bicyclic) bond motifs is 2. The first-order valence-electron chi connectivity index (χ1n) is 10.4. The molecule has 1 fully saturated rings. The van der Waals surface area contributed by atoms with Crippen LogP contribution in [0.4, 0.5) is 11.6 Å². The molecule has 0 saturated carbocycles. The van der Waals surface area contributed by atoms with Crippen LogP contribution in [0.15, 0.2) is 54.3 Å². The first-order chi connectivity index (χ1) is 15.1. The number of carbonyl (C=O) groups is 1. The maximum Gasteiger partial charge on any atom is 0.239 e. The quantitative estimate of drug-likeness (QED) is 0.529. The van der Waals surface area contributed by atoms with Gasteiger partial charge < -0.3 is 10.2 Å². The fourth-order valence-corrected chi connectivity index (χ4v) is 5.28. The SMILES string of the molecule is CC1CN(CC(=O)Nc2nccc3ccccc23)CC(C)N1c1ncnc2sccc12. The van der Waals surface area contributed by atoms with Crippen molar-refractivity contribution in [2.24, 2.45) is 0 Å². The third kappa shape index (κ3) is 3.84. The highest BCUT2D eigenvalue weighted by Gasteiger charge is 2.32. The van der Waals surface area contributed by atoms with Crippen LogP contribution in [0, 0.1) is 0 Å². The Hall–Kier alpha value is -3.10. The number of nitrogens with one attached hydrogen (secondary N) is 1. The Morgan fingerprint density at radius 2 is 1.87 bits per heavy atom. The van der Waals surface area contributed by atoms with Crippen LogP contribution < -0.4 is 10.2 Å². The van der Waals surface area contributed by atoms with E-state index in [0.29, 0.717) is 12.4 Å². The highest BCUT2D eigenvalue weighted by atomic mass is 32.1. The molecular weight excluding hydrogens is 408 g/mol. The zero-order valence-corrected chi connectivity index (χ0v) is 18.3. The number of nitrogens with zero attached hydrogens (tertiary/aromatic N) is 5. The van der Waals surface area contributed by atoms with Crippen molar-refractivity contribution < 1.29 is 4.79 Å². The van der Waals surface area contributed by atoms with E-state index in [4.69, 9.17) is 0 Å². The van der Waals surface area contributed by atoms with Crippen molar-refractivity contribution in [2.75, 3.05) is 29.9 Å². The second-order valence-corrected chi connectivity index (χ2v) is 8.96. The minimum atomic E-state index is -0.0426. The van der Waals surface area contributed by atoms with E-state index in [9.17, 15) is 4.79 Å². The van der Waals surface area contributed by atoms with E-state index in [1.165, 1.54) is 0 Å². The maximum atomic E-state index is 12.8. The van der Waals surface area contributed by atoms with Crippen LogP contribution in [0.5, 0.6) is 0 Å². The lowest BCUT2D eigenvalue weighted by atomic mass is 10.1. The summed E-state index contributed by atoms with van der Waals surface area (Å²) in [5.74, 6) is 1.55. The molecule has 3 aromatic heterocycles. The molecule has 1 amide bonds. The molecule has 2 atom stereocenters. The molecule has 1 aliphatic rings. The van der Waals surface area contributed by atoms with Gasteiger partial charge in [0.1, 0.15) is 22.8 Å². The second kappa shape index (κ2) is 8.20. The minimum Gasteiger partial charge on any atom is -0.348 e. The Balaban J connectivity index is 1.29. The summed E-state index contributed by atoms with van der Waals surface area (Å²) in [5, 5.41) is 8.17. The van der Waals surface area contributed by atoms with Crippen molar-refractivity contribution in [2.45, 2.75) is 25.9 Å². The molecule has 0 bridgehead atoms. The molecule has 7 nitrogen and oxygen atoms in total. The molecule has 1 aliphatic heterocycles. The molecule has 0 spiro atoms. The Labute approximate surface area is 184 Å². The van der Waals surface area contributed by atoms with E-state index < -0.39 is 0 Å². The lowest BCUT2D eigenvalue weighted by Gasteiger charge is -2.45. The summed E-state index contributed by atoms with van der Waals surface area (Å²) in [6.45, 7) is 6.29. The average Bonchev–Trinajstić information content (AvgIpc) is 3.23. The monoisotopic (exact) mass is 432 g/mol. The van der Waals surface area contributed by atoms with E-state index in [2.05, 4.69) is 55.4 Å². The fourth-order valence-electron chi connectivity index (χ4n) is 4.56. The van der Waals surface area contributed by atoms with Gasteiger partial charge in [0, 0.05) is 36.8 Å². The zero-order valence-electron chi connectivity index (χ0n) is 17.5. The van der Waals surface area contributed by atoms with Gasteiger partial charge in [-0.1, -0.05) is 24.3 Å². The Morgan fingerprint density at radius 1 is 1.06 bits per heavy atom. The molecule has 0 radical (unpaired) electrons. The van der Waals surface area contributed by atoms with Crippen LogP contribution in [-0.2, 0) is 4.79 Å². The summed E-state index contributed by atoms with van der Waals surface area (Å²) in [6, 6.07) is 12.4. The molecule has 5 rings (SSSR count). The number of pyridine rings is 1. The van der Waals surface area contributed by atoms with E-state index >= 15 is 0 Å². The highest BCUT2D eigenvalue weighted by molar-refractivity contribution is 7.16. The molecule has 0 aliphatic carbocycles. The normalized spacial score (nSPS) is 19.7. The molecule has 4 heterocycles. The summed E-state index contributed by atoms with van der Waals surface area (Å²) in [7, 11) is 0. The number of hydrogen-bond acceptors (Lipinski definition) is 7. The lowest BCUT2D eigenvalue weighted by molar-refractivity contribution is -0.117. The number of benzene rings is 1. The molecule has 158 valence electrons. The number of amides is 1. The molecular formula is C23H24N6OS. The van der Waals surface area contributed by atoms with Crippen molar-refractivity contribution in [1.29, 1.82) is 0 Å². The Bertz CT molecular complexity index is 1220. The third-order valence-electron chi connectivity index (χ3n) is 5.78. The summed E-state index contributed by atoms with van der Waals surface area (Å²) < 4.78 is 0. The number of rotatable bonds is 4. The fraction of sp³-hybridized carbons (Fsp3) is 0.304. The standard InChI is InChI=1S/C23H24N6OS/c1-15-11-28(12-16(2)29(15)22-19-8-10-31-23(19)26-14-25-22)13-20(30)27-21-18-6-4-3-5-17(18)7-9-24-21/h3-10,14-16H,11-13H2,1-2H3,(H,24,27,30). The largest absolute Gasteiger partial charge is 0.348 e. The van der Waals surface area contributed by atoms with Crippen molar-refractivity contribution in [1.82, 2.24) is 19.9 Å². The van der Waals surface area contributed by atoms with Crippen LogP contribution in [0.3, 0.4) is 0 Å². The number of carbonyl (C=O) groups excluding carboxylic acids is 1. The van der Waals surface area contributed by atoms with Gasteiger partial charge in [0.05, 0.1) is 11.9 Å². The number of piperazine rings is 1. The van der Waals surface area contributed by atoms with Crippen LogP contribution in [0.1, 0.15) is 13.8 Å². The summed E-state index contributed by atoms with van der Waals surface area (Å²) >= 11 is 1.63. The smallest absolute Gasteiger partial charge is 0.239 e. The molecule has 2 unspecified atom stereocenters. The molecule has 1 aromatic carbocycles. The lowest BCUT2D eigenvalue weighted by Crippen LogP contribution is -2.58. The minimum absolute atomic E-state index is 0.0426. The van der Waals surface area contributed by atoms with Crippen LogP contribution in [-0.4, -0.2) is 57.5 Å². The first kappa shape index (κ1) is 19.8.